The fourth-order valence-corrected chi connectivity index (χ4v) is 4.52. The molecule has 1 aromatic carbocycles. The monoisotopic (exact) mass is 505 g/mol. The smallest absolute Gasteiger partial charge is 0.228 e. The van der Waals surface area contributed by atoms with Crippen LogP contribution in [0.1, 0.15) is 6.92 Å². The van der Waals surface area contributed by atoms with E-state index in [1.807, 2.05) is 40.9 Å². The van der Waals surface area contributed by atoms with Crippen LogP contribution in [0.25, 0.3) is 22.3 Å². The predicted molar refractivity (Wildman–Crippen MR) is 139 cm³/mol. The van der Waals surface area contributed by atoms with Crippen LogP contribution in [0.2, 0.25) is 0 Å². The average Bonchev–Trinajstić information content (AvgIpc) is 3.29. The van der Waals surface area contributed by atoms with E-state index in [9.17, 15) is 9.18 Å². The number of pyridine rings is 1. The lowest BCUT2D eigenvalue weighted by Crippen LogP contribution is -2.48. The molecule has 0 saturated carbocycles. The highest BCUT2D eigenvalue weighted by atomic mass is 19.1. The molecule has 4 aromatic rings. The van der Waals surface area contributed by atoms with E-state index < -0.39 is 5.82 Å². The largest absolute Gasteiger partial charge is 0.494 e. The lowest BCUT2D eigenvalue weighted by Gasteiger charge is -2.36. The molecule has 11 heteroatoms. The lowest BCUT2D eigenvalue weighted by molar-refractivity contribution is -0.129. The number of methoxy groups -OCH3 is 2. The molecule has 4 heterocycles. The molecule has 192 valence electrons. The van der Waals surface area contributed by atoms with Gasteiger partial charge in [-0.25, -0.2) is 19.3 Å². The van der Waals surface area contributed by atoms with Gasteiger partial charge in [0.15, 0.2) is 5.82 Å². The van der Waals surface area contributed by atoms with Gasteiger partial charge in [-0.1, -0.05) is 0 Å². The topological polar surface area (TPSA) is 97.6 Å². The first-order valence-corrected chi connectivity index (χ1v) is 11.9. The second kappa shape index (κ2) is 9.92. The van der Waals surface area contributed by atoms with Crippen molar-refractivity contribution in [1.29, 1.82) is 0 Å². The maximum absolute atomic E-state index is 14.7. The van der Waals surface area contributed by atoms with Crippen molar-refractivity contribution in [3.8, 4) is 22.8 Å². The van der Waals surface area contributed by atoms with E-state index in [-0.39, 0.29) is 17.5 Å². The van der Waals surface area contributed by atoms with E-state index >= 15 is 0 Å². The molecule has 0 bridgehead atoms. The minimum atomic E-state index is -0.549. The quantitative estimate of drug-likeness (QED) is 0.425. The van der Waals surface area contributed by atoms with Crippen molar-refractivity contribution in [2.45, 2.75) is 6.92 Å². The van der Waals surface area contributed by atoms with Crippen molar-refractivity contribution in [3.05, 3.63) is 48.7 Å². The number of anilines is 3. The minimum Gasteiger partial charge on any atom is -0.494 e. The molecular formula is C26H28FN7O3. The van der Waals surface area contributed by atoms with Crippen LogP contribution >= 0.6 is 0 Å². The highest BCUT2D eigenvalue weighted by Gasteiger charge is 2.23. The summed E-state index contributed by atoms with van der Waals surface area (Å²) in [5.41, 5.74) is 2.92. The third-order valence-corrected chi connectivity index (χ3v) is 6.54. The summed E-state index contributed by atoms with van der Waals surface area (Å²) in [5.74, 6) is 0.897. The Hall–Kier alpha value is -4.41. The molecule has 0 unspecified atom stereocenters. The molecule has 1 aliphatic heterocycles. The maximum Gasteiger partial charge on any atom is 0.228 e. The number of hydrogen-bond acceptors (Lipinski definition) is 8. The van der Waals surface area contributed by atoms with Gasteiger partial charge in [-0.15, -0.1) is 0 Å². The molecule has 1 saturated heterocycles. The van der Waals surface area contributed by atoms with E-state index in [4.69, 9.17) is 9.47 Å². The number of fused-ring (bicyclic) bond motifs is 1. The van der Waals surface area contributed by atoms with Crippen LogP contribution in [0.15, 0.2) is 42.9 Å². The fourth-order valence-electron chi connectivity index (χ4n) is 4.52. The van der Waals surface area contributed by atoms with Gasteiger partial charge in [0.25, 0.3) is 0 Å². The summed E-state index contributed by atoms with van der Waals surface area (Å²) in [4.78, 5) is 28.7. The van der Waals surface area contributed by atoms with Crippen LogP contribution in [0.5, 0.6) is 11.5 Å². The van der Waals surface area contributed by atoms with Gasteiger partial charge in [0, 0.05) is 75.6 Å². The Morgan fingerprint density at radius 3 is 2.49 bits per heavy atom. The van der Waals surface area contributed by atoms with E-state index in [0.29, 0.717) is 48.9 Å². The number of halogens is 1. The van der Waals surface area contributed by atoms with Gasteiger partial charge in [0.05, 0.1) is 31.8 Å². The molecule has 0 aliphatic carbocycles. The molecule has 1 fully saturated rings. The first-order chi connectivity index (χ1) is 17.9. The second-order valence-corrected chi connectivity index (χ2v) is 8.80. The van der Waals surface area contributed by atoms with Gasteiger partial charge < -0.3 is 29.2 Å². The number of nitrogens with zero attached hydrogens (tertiary/aromatic N) is 6. The molecule has 10 nitrogen and oxygen atoms in total. The third-order valence-electron chi connectivity index (χ3n) is 6.54. The average molecular weight is 506 g/mol. The summed E-state index contributed by atoms with van der Waals surface area (Å²) in [5, 5.41) is 4.03. The van der Waals surface area contributed by atoms with Crippen LogP contribution < -0.4 is 19.7 Å². The number of carbonyl (C=O) groups excluding carboxylic acids is 1. The van der Waals surface area contributed by atoms with E-state index in [2.05, 4.69) is 25.2 Å². The number of aryl methyl sites for hydroxylation is 1. The molecular weight excluding hydrogens is 477 g/mol. The molecule has 0 spiro atoms. The maximum atomic E-state index is 14.7. The summed E-state index contributed by atoms with van der Waals surface area (Å²) < 4.78 is 28.0. The van der Waals surface area contributed by atoms with Crippen molar-refractivity contribution in [1.82, 2.24) is 24.4 Å². The molecule has 5 rings (SSSR count). The van der Waals surface area contributed by atoms with E-state index in [0.717, 1.165) is 22.9 Å². The van der Waals surface area contributed by atoms with E-state index in [1.54, 1.807) is 33.4 Å². The Bertz CT molecular complexity index is 1460. The van der Waals surface area contributed by atoms with Crippen LogP contribution in [0, 0.1) is 5.82 Å². The lowest BCUT2D eigenvalue weighted by atomic mass is 10.1. The number of rotatable bonds is 6. The fraction of sp³-hybridized carbons (Fsp3) is 0.308. The summed E-state index contributed by atoms with van der Waals surface area (Å²) in [7, 11) is 5.07. The molecule has 1 aliphatic rings. The number of amides is 1. The number of ether oxygens (including phenoxy) is 2. The van der Waals surface area contributed by atoms with Crippen LogP contribution in [0.4, 0.5) is 21.7 Å². The van der Waals surface area contributed by atoms with Crippen LogP contribution in [-0.2, 0) is 11.8 Å². The standard InChI is InChI=1S/C26H28FN7O3/c1-16(35)33-7-9-34(10-8-33)21-13-22(36-3)20(12-23(21)37-4)30-26-29-15-19(27)24(31-26)18-11-17-5-6-32(2)25(17)28-14-18/h5-6,11-15H,7-10H2,1-4H3,(H,29,30,31). The van der Waals surface area contributed by atoms with Gasteiger partial charge in [0.2, 0.25) is 11.9 Å². The van der Waals surface area contributed by atoms with Crippen LogP contribution in [0.3, 0.4) is 0 Å². The summed E-state index contributed by atoms with van der Waals surface area (Å²) in [6.45, 7) is 4.21. The van der Waals surface area contributed by atoms with Gasteiger partial charge in [-0.05, 0) is 12.1 Å². The zero-order chi connectivity index (χ0) is 26.1. The zero-order valence-electron chi connectivity index (χ0n) is 21.2. The molecule has 0 atom stereocenters. The third kappa shape index (κ3) is 4.72. The van der Waals surface area contributed by atoms with Crippen molar-refractivity contribution < 1.29 is 18.7 Å². The van der Waals surface area contributed by atoms with Gasteiger partial charge in [0.1, 0.15) is 22.8 Å². The molecule has 37 heavy (non-hydrogen) atoms. The van der Waals surface area contributed by atoms with E-state index in [1.165, 1.54) is 0 Å². The summed E-state index contributed by atoms with van der Waals surface area (Å²) in [6, 6.07) is 7.45. The summed E-state index contributed by atoms with van der Waals surface area (Å²) >= 11 is 0. The Balaban J connectivity index is 1.44. The number of hydrogen-bond donors (Lipinski definition) is 1. The number of piperazine rings is 1. The highest BCUT2D eigenvalue weighted by molar-refractivity contribution is 5.81. The van der Waals surface area contributed by atoms with Gasteiger partial charge in [-0.3, -0.25) is 4.79 Å². The number of nitrogens with one attached hydrogen (secondary N) is 1. The minimum absolute atomic E-state index is 0.0712. The first kappa shape index (κ1) is 24.3. The number of carbonyl (C=O) groups is 1. The van der Waals surface area contributed by atoms with Gasteiger partial charge >= 0.3 is 0 Å². The van der Waals surface area contributed by atoms with Crippen molar-refractivity contribution in [2.75, 3.05) is 50.6 Å². The summed E-state index contributed by atoms with van der Waals surface area (Å²) in [6.07, 6.45) is 4.63. The molecule has 3 aromatic heterocycles. The highest BCUT2D eigenvalue weighted by Crippen LogP contribution is 2.40. The number of benzene rings is 1. The normalized spacial score (nSPS) is 13.6. The van der Waals surface area contributed by atoms with Crippen LogP contribution in [-0.4, -0.2) is 70.7 Å². The van der Waals surface area contributed by atoms with Crippen molar-refractivity contribution >= 4 is 34.3 Å². The Morgan fingerprint density at radius 2 is 1.78 bits per heavy atom. The van der Waals surface area contributed by atoms with Crippen molar-refractivity contribution in [2.24, 2.45) is 7.05 Å². The Kier molecular flexibility index (Phi) is 6.51. The SMILES string of the molecule is COc1cc(N2CCN(C(C)=O)CC2)c(OC)cc1Nc1ncc(F)c(-c2cnc3c(ccn3C)c2)n1. The second-order valence-electron chi connectivity index (χ2n) is 8.80. The number of aromatic nitrogens is 4. The Labute approximate surface area is 213 Å². The Morgan fingerprint density at radius 1 is 1.03 bits per heavy atom. The molecule has 1 amide bonds. The van der Waals surface area contributed by atoms with Crippen molar-refractivity contribution in [3.63, 3.8) is 0 Å². The first-order valence-electron chi connectivity index (χ1n) is 11.9. The van der Waals surface area contributed by atoms with Gasteiger partial charge in [-0.2, -0.15) is 0 Å². The molecule has 1 N–H and O–H groups in total. The molecule has 0 radical (unpaired) electrons. The zero-order valence-corrected chi connectivity index (χ0v) is 21.2. The predicted octanol–water partition coefficient (Wildman–Crippen LogP) is 3.60.